The molecule has 7 nitrogen and oxygen atoms in total. The van der Waals surface area contributed by atoms with Gasteiger partial charge >= 0.3 is 5.97 Å². The number of esters is 1. The minimum Gasteiger partial charge on any atom is -0.448 e. The standard InChI is InChI=1S/C18H13FN2O5S/c1-10(17(22)20-11-5-7-12(8-6-11)21(24)25)26-18(23)16-9-13-14(19)3-2-4-15(13)27-16/h2-10H,1H3,(H,20,22). The summed E-state index contributed by atoms with van der Waals surface area (Å²) < 4.78 is 19.5. The highest BCUT2D eigenvalue weighted by Gasteiger charge is 2.21. The fourth-order valence-electron chi connectivity index (χ4n) is 2.31. The SMILES string of the molecule is CC(OC(=O)c1cc2c(F)cccc2s1)C(=O)Nc1ccc([N+](=O)[O-])cc1. The number of thiophene rings is 1. The summed E-state index contributed by atoms with van der Waals surface area (Å²) in [6, 6.07) is 11.2. The molecule has 1 aromatic heterocycles. The zero-order chi connectivity index (χ0) is 19.6. The molecule has 0 saturated carbocycles. The summed E-state index contributed by atoms with van der Waals surface area (Å²) >= 11 is 1.07. The van der Waals surface area contributed by atoms with Gasteiger partial charge in [0, 0.05) is 27.9 Å². The van der Waals surface area contributed by atoms with E-state index < -0.39 is 28.7 Å². The summed E-state index contributed by atoms with van der Waals surface area (Å²) in [4.78, 5) is 34.6. The van der Waals surface area contributed by atoms with Crippen LogP contribution in [0.25, 0.3) is 10.1 Å². The van der Waals surface area contributed by atoms with Crippen LogP contribution in [0.5, 0.6) is 0 Å². The van der Waals surface area contributed by atoms with Crippen molar-refractivity contribution in [3.63, 3.8) is 0 Å². The van der Waals surface area contributed by atoms with Crippen LogP contribution in [0.3, 0.4) is 0 Å². The summed E-state index contributed by atoms with van der Waals surface area (Å²) in [5, 5.41) is 13.4. The molecule has 3 rings (SSSR count). The molecule has 1 N–H and O–H groups in total. The van der Waals surface area contributed by atoms with E-state index in [0.29, 0.717) is 15.8 Å². The minimum absolute atomic E-state index is 0.107. The van der Waals surface area contributed by atoms with Crippen molar-refractivity contribution < 1.29 is 23.6 Å². The Hall–Kier alpha value is -3.33. The lowest BCUT2D eigenvalue weighted by Crippen LogP contribution is -2.29. The van der Waals surface area contributed by atoms with Gasteiger partial charge in [0.1, 0.15) is 10.7 Å². The van der Waals surface area contributed by atoms with Crippen molar-refractivity contribution in [3.05, 3.63) is 69.3 Å². The van der Waals surface area contributed by atoms with Gasteiger partial charge in [0.05, 0.1) is 4.92 Å². The summed E-state index contributed by atoms with van der Waals surface area (Å²) in [5.74, 6) is -1.77. The molecule has 1 amide bonds. The lowest BCUT2D eigenvalue weighted by molar-refractivity contribution is -0.384. The first kappa shape index (κ1) is 18.5. The fraction of sp³-hybridized carbons (Fsp3) is 0.111. The molecule has 2 aromatic carbocycles. The van der Waals surface area contributed by atoms with Gasteiger partial charge in [-0.3, -0.25) is 14.9 Å². The van der Waals surface area contributed by atoms with Crippen LogP contribution in [0.4, 0.5) is 15.8 Å². The van der Waals surface area contributed by atoms with Crippen molar-refractivity contribution in [2.24, 2.45) is 0 Å². The van der Waals surface area contributed by atoms with Crippen LogP contribution < -0.4 is 5.32 Å². The third-order valence-corrected chi connectivity index (χ3v) is 4.79. The number of hydrogen-bond donors (Lipinski definition) is 1. The molecule has 0 spiro atoms. The largest absolute Gasteiger partial charge is 0.448 e. The number of carbonyl (C=O) groups is 2. The maximum absolute atomic E-state index is 13.7. The Morgan fingerprint density at radius 1 is 1.22 bits per heavy atom. The fourth-order valence-corrected chi connectivity index (χ4v) is 3.27. The lowest BCUT2D eigenvalue weighted by atomic mass is 10.2. The van der Waals surface area contributed by atoms with Gasteiger partial charge < -0.3 is 10.1 Å². The Bertz CT molecular complexity index is 1030. The van der Waals surface area contributed by atoms with E-state index in [1.54, 1.807) is 12.1 Å². The molecule has 27 heavy (non-hydrogen) atoms. The number of amides is 1. The van der Waals surface area contributed by atoms with E-state index in [1.165, 1.54) is 43.3 Å². The second kappa shape index (κ2) is 7.50. The summed E-state index contributed by atoms with van der Waals surface area (Å²) in [7, 11) is 0. The van der Waals surface area contributed by atoms with Crippen molar-refractivity contribution in [2.45, 2.75) is 13.0 Å². The molecule has 0 aliphatic carbocycles. The van der Waals surface area contributed by atoms with E-state index in [-0.39, 0.29) is 10.6 Å². The zero-order valence-electron chi connectivity index (χ0n) is 14.0. The number of anilines is 1. The van der Waals surface area contributed by atoms with Gasteiger partial charge in [-0.15, -0.1) is 11.3 Å². The van der Waals surface area contributed by atoms with E-state index in [9.17, 15) is 24.1 Å². The Morgan fingerprint density at radius 3 is 2.56 bits per heavy atom. The molecule has 9 heteroatoms. The van der Waals surface area contributed by atoms with E-state index in [2.05, 4.69) is 5.32 Å². The van der Waals surface area contributed by atoms with E-state index in [1.807, 2.05) is 0 Å². The second-order valence-corrected chi connectivity index (χ2v) is 6.69. The Balaban J connectivity index is 1.65. The van der Waals surface area contributed by atoms with Crippen LogP contribution in [0, 0.1) is 15.9 Å². The number of nitrogens with one attached hydrogen (secondary N) is 1. The molecule has 0 bridgehead atoms. The van der Waals surface area contributed by atoms with Gasteiger partial charge in [-0.2, -0.15) is 0 Å². The molecule has 1 heterocycles. The highest BCUT2D eigenvalue weighted by Crippen LogP contribution is 2.28. The Labute approximate surface area is 156 Å². The number of non-ortho nitro benzene ring substituents is 1. The van der Waals surface area contributed by atoms with E-state index in [4.69, 9.17) is 4.74 Å². The first-order valence-corrected chi connectivity index (χ1v) is 8.61. The number of rotatable bonds is 5. The maximum Gasteiger partial charge on any atom is 0.349 e. The molecule has 0 aliphatic rings. The summed E-state index contributed by atoms with van der Waals surface area (Å²) in [6.45, 7) is 1.40. The monoisotopic (exact) mass is 388 g/mol. The highest BCUT2D eigenvalue weighted by atomic mass is 32.1. The molecule has 1 atom stereocenters. The van der Waals surface area contributed by atoms with Crippen LogP contribution in [0.15, 0.2) is 48.5 Å². The number of nitro benzene ring substituents is 1. The van der Waals surface area contributed by atoms with E-state index >= 15 is 0 Å². The first-order chi connectivity index (χ1) is 12.8. The van der Waals surface area contributed by atoms with Crippen molar-refractivity contribution in [3.8, 4) is 0 Å². The lowest BCUT2D eigenvalue weighted by Gasteiger charge is -2.12. The molecule has 0 saturated heterocycles. The van der Waals surface area contributed by atoms with Crippen LogP contribution in [0.2, 0.25) is 0 Å². The van der Waals surface area contributed by atoms with Crippen molar-refractivity contribution in [1.82, 2.24) is 0 Å². The molecule has 138 valence electrons. The predicted molar refractivity (Wildman–Crippen MR) is 98.4 cm³/mol. The molecule has 1 unspecified atom stereocenters. The molecule has 0 radical (unpaired) electrons. The number of nitro groups is 1. The van der Waals surface area contributed by atoms with E-state index in [0.717, 1.165) is 11.3 Å². The number of benzene rings is 2. The Kier molecular flexibility index (Phi) is 5.13. The van der Waals surface area contributed by atoms with Crippen molar-refractivity contribution >= 4 is 44.7 Å². The van der Waals surface area contributed by atoms with Gasteiger partial charge in [-0.05, 0) is 37.3 Å². The highest BCUT2D eigenvalue weighted by molar-refractivity contribution is 7.20. The minimum atomic E-state index is -1.11. The Morgan fingerprint density at radius 2 is 1.93 bits per heavy atom. The topological polar surface area (TPSA) is 98.5 Å². The zero-order valence-corrected chi connectivity index (χ0v) is 14.8. The van der Waals surface area contributed by atoms with Crippen molar-refractivity contribution in [1.29, 1.82) is 0 Å². The molecule has 3 aromatic rings. The average Bonchev–Trinajstić information content (AvgIpc) is 3.08. The predicted octanol–water partition coefficient (Wildman–Crippen LogP) is 4.13. The van der Waals surface area contributed by atoms with Gasteiger partial charge in [0.15, 0.2) is 6.10 Å². The van der Waals surface area contributed by atoms with Gasteiger partial charge in [-0.25, -0.2) is 9.18 Å². The maximum atomic E-state index is 13.7. The quantitative estimate of drug-likeness (QED) is 0.402. The van der Waals surface area contributed by atoms with Crippen LogP contribution in [-0.4, -0.2) is 22.9 Å². The van der Waals surface area contributed by atoms with Crippen LogP contribution in [-0.2, 0) is 9.53 Å². The number of halogens is 1. The number of carbonyl (C=O) groups excluding carboxylic acids is 2. The molecule has 0 aliphatic heterocycles. The van der Waals surface area contributed by atoms with Gasteiger partial charge in [-0.1, -0.05) is 6.07 Å². The number of ether oxygens (including phenoxy) is 1. The molecule has 0 fully saturated rings. The first-order valence-electron chi connectivity index (χ1n) is 7.79. The average molecular weight is 388 g/mol. The van der Waals surface area contributed by atoms with Crippen molar-refractivity contribution in [2.75, 3.05) is 5.32 Å². The normalized spacial score (nSPS) is 11.8. The third-order valence-electron chi connectivity index (χ3n) is 3.71. The summed E-state index contributed by atoms with van der Waals surface area (Å²) in [6.07, 6.45) is -1.11. The summed E-state index contributed by atoms with van der Waals surface area (Å²) in [5.41, 5.74) is 0.224. The number of fused-ring (bicyclic) bond motifs is 1. The third kappa shape index (κ3) is 4.09. The van der Waals surface area contributed by atoms with Crippen LogP contribution >= 0.6 is 11.3 Å². The second-order valence-electron chi connectivity index (χ2n) is 5.60. The molecular weight excluding hydrogens is 375 g/mol. The smallest absolute Gasteiger partial charge is 0.349 e. The molecular formula is C18H13FN2O5S. The number of nitrogens with zero attached hydrogens (tertiary/aromatic N) is 1. The van der Waals surface area contributed by atoms with Gasteiger partial charge in [0.25, 0.3) is 11.6 Å². The van der Waals surface area contributed by atoms with Crippen LogP contribution in [0.1, 0.15) is 16.6 Å². The van der Waals surface area contributed by atoms with Gasteiger partial charge in [0.2, 0.25) is 0 Å². The number of hydrogen-bond acceptors (Lipinski definition) is 6.